The molecule has 0 saturated heterocycles. The number of rotatable bonds is 5. The number of methoxy groups -OCH3 is 1. The van der Waals surface area contributed by atoms with Crippen molar-refractivity contribution >= 4 is 33.4 Å². The average molecular weight is 372 g/mol. The maximum atomic E-state index is 12.6. The molecule has 5 nitrogen and oxygen atoms in total. The van der Waals surface area contributed by atoms with Crippen LogP contribution in [0.15, 0.2) is 66.9 Å². The second-order valence-corrected chi connectivity index (χ2v) is 6.70. The van der Waals surface area contributed by atoms with E-state index < -0.39 is 0 Å². The lowest BCUT2D eigenvalue weighted by molar-refractivity contribution is 0.0905. The highest BCUT2D eigenvalue weighted by Crippen LogP contribution is 2.22. The van der Waals surface area contributed by atoms with Crippen LogP contribution in [0.2, 0.25) is 0 Å². The van der Waals surface area contributed by atoms with Gasteiger partial charge in [-0.05, 0) is 35.0 Å². The minimum atomic E-state index is -0.254. The number of aryl methyl sites for hydroxylation is 1. The van der Waals surface area contributed by atoms with Crippen LogP contribution in [0.3, 0.4) is 0 Å². The van der Waals surface area contributed by atoms with Crippen LogP contribution in [0.1, 0.15) is 20.7 Å². The van der Waals surface area contributed by atoms with Crippen molar-refractivity contribution in [2.75, 3.05) is 13.7 Å². The minimum Gasteiger partial charge on any atom is -0.497 e. The lowest BCUT2D eigenvalue weighted by Gasteiger charge is -2.07. The molecule has 0 saturated carbocycles. The molecule has 1 aromatic heterocycles. The summed E-state index contributed by atoms with van der Waals surface area (Å²) in [6.07, 6.45) is 1.79. The molecule has 0 aliphatic heterocycles. The molecule has 140 valence electrons. The normalized spacial score (nSPS) is 10.9. The molecule has 0 bridgehead atoms. The number of para-hydroxylation sites is 1. The highest BCUT2D eigenvalue weighted by Gasteiger charge is 2.15. The van der Waals surface area contributed by atoms with Crippen molar-refractivity contribution in [2.45, 2.75) is 0 Å². The standard InChI is InChI=1S/C23H20N2O3/c1-25-14-20(19-5-3-4-6-21(19)25)23(27)24-13-22(26)17-8-7-16-12-18(28-2)10-9-15(16)11-17/h3-12,14H,13H2,1-2H3,(H,24,27). The van der Waals surface area contributed by atoms with Gasteiger partial charge in [0.15, 0.2) is 5.78 Å². The van der Waals surface area contributed by atoms with Crippen molar-refractivity contribution in [2.24, 2.45) is 7.05 Å². The maximum absolute atomic E-state index is 12.6. The van der Waals surface area contributed by atoms with Crippen LogP contribution in [-0.2, 0) is 7.05 Å². The van der Waals surface area contributed by atoms with E-state index in [1.165, 1.54) is 0 Å². The second kappa shape index (κ2) is 7.19. The molecule has 0 aliphatic carbocycles. The van der Waals surface area contributed by atoms with Gasteiger partial charge >= 0.3 is 0 Å². The molecule has 0 aliphatic rings. The Morgan fingerprint density at radius 1 is 1.00 bits per heavy atom. The number of nitrogens with zero attached hydrogens (tertiary/aromatic N) is 1. The van der Waals surface area contributed by atoms with E-state index in [1.807, 2.05) is 66.2 Å². The summed E-state index contributed by atoms with van der Waals surface area (Å²) in [7, 11) is 3.52. The Morgan fingerprint density at radius 2 is 1.75 bits per heavy atom. The van der Waals surface area contributed by atoms with Crippen molar-refractivity contribution in [3.63, 3.8) is 0 Å². The van der Waals surface area contributed by atoms with E-state index in [9.17, 15) is 9.59 Å². The van der Waals surface area contributed by atoms with Crippen molar-refractivity contribution < 1.29 is 14.3 Å². The predicted octanol–water partition coefficient (Wildman–Crippen LogP) is 3.95. The number of ether oxygens (including phenoxy) is 1. The zero-order chi connectivity index (χ0) is 19.7. The first-order chi connectivity index (χ1) is 13.6. The Balaban J connectivity index is 1.50. The number of carbonyl (C=O) groups is 2. The van der Waals surface area contributed by atoms with Gasteiger partial charge in [-0.2, -0.15) is 0 Å². The smallest absolute Gasteiger partial charge is 0.253 e. The van der Waals surface area contributed by atoms with Gasteiger partial charge in [0.25, 0.3) is 5.91 Å². The Bertz CT molecular complexity index is 1210. The quantitative estimate of drug-likeness (QED) is 0.540. The number of benzene rings is 3. The highest BCUT2D eigenvalue weighted by molar-refractivity contribution is 6.09. The summed E-state index contributed by atoms with van der Waals surface area (Å²) in [5.41, 5.74) is 2.11. The second-order valence-electron chi connectivity index (χ2n) is 6.70. The number of aromatic nitrogens is 1. The Kier molecular flexibility index (Phi) is 4.57. The number of hydrogen-bond donors (Lipinski definition) is 1. The molecule has 4 aromatic rings. The first-order valence-electron chi connectivity index (χ1n) is 9.00. The number of ketones is 1. The molecule has 3 aromatic carbocycles. The number of fused-ring (bicyclic) bond motifs is 2. The van der Waals surface area contributed by atoms with E-state index in [0.717, 1.165) is 27.4 Å². The number of carbonyl (C=O) groups excluding carboxylic acids is 2. The lowest BCUT2D eigenvalue weighted by Crippen LogP contribution is -2.29. The summed E-state index contributed by atoms with van der Waals surface area (Å²) >= 11 is 0. The van der Waals surface area contributed by atoms with Gasteiger partial charge in [-0.15, -0.1) is 0 Å². The van der Waals surface area contributed by atoms with E-state index in [2.05, 4.69) is 5.32 Å². The van der Waals surface area contributed by atoms with E-state index in [-0.39, 0.29) is 18.2 Å². The molecule has 28 heavy (non-hydrogen) atoms. The summed E-state index contributed by atoms with van der Waals surface area (Å²) in [4.78, 5) is 25.2. The van der Waals surface area contributed by atoms with Crippen molar-refractivity contribution in [1.82, 2.24) is 9.88 Å². The molecule has 0 atom stereocenters. The maximum Gasteiger partial charge on any atom is 0.253 e. The predicted molar refractivity (Wildman–Crippen MR) is 110 cm³/mol. The summed E-state index contributed by atoms with van der Waals surface area (Å²) in [6.45, 7) is -0.0519. The molecule has 4 rings (SSSR count). The van der Waals surface area contributed by atoms with Crippen LogP contribution in [0.4, 0.5) is 0 Å². The Labute approximate surface area is 162 Å². The summed E-state index contributed by atoms with van der Waals surface area (Å²) in [6, 6.07) is 18.9. The fourth-order valence-electron chi connectivity index (χ4n) is 3.40. The average Bonchev–Trinajstić information content (AvgIpc) is 3.08. The van der Waals surface area contributed by atoms with Crippen molar-refractivity contribution in [1.29, 1.82) is 0 Å². The van der Waals surface area contributed by atoms with Gasteiger partial charge in [0.1, 0.15) is 5.75 Å². The van der Waals surface area contributed by atoms with E-state index >= 15 is 0 Å². The molecule has 1 amide bonds. The van der Waals surface area contributed by atoms with E-state index in [1.54, 1.807) is 19.4 Å². The SMILES string of the molecule is COc1ccc2cc(C(=O)CNC(=O)c3cn(C)c4ccccc34)ccc2c1. The third-order valence-corrected chi connectivity index (χ3v) is 4.92. The van der Waals surface area contributed by atoms with Gasteiger partial charge in [-0.3, -0.25) is 9.59 Å². The van der Waals surface area contributed by atoms with Crippen LogP contribution < -0.4 is 10.1 Å². The minimum absolute atomic E-state index is 0.0519. The first-order valence-corrected chi connectivity index (χ1v) is 9.00. The topological polar surface area (TPSA) is 60.3 Å². The number of hydrogen-bond acceptors (Lipinski definition) is 3. The van der Waals surface area contributed by atoms with E-state index in [0.29, 0.717) is 11.1 Å². The Hall–Kier alpha value is -3.60. The van der Waals surface area contributed by atoms with Gasteiger partial charge in [0, 0.05) is 29.7 Å². The number of Topliss-reactive ketones (excluding diaryl/α,β-unsaturated/α-hetero) is 1. The molecular weight excluding hydrogens is 352 g/mol. The highest BCUT2D eigenvalue weighted by atomic mass is 16.5. The van der Waals surface area contributed by atoms with Gasteiger partial charge in [-0.25, -0.2) is 0 Å². The Morgan fingerprint density at radius 3 is 2.57 bits per heavy atom. The summed E-state index contributed by atoms with van der Waals surface area (Å²) < 4.78 is 7.13. The summed E-state index contributed by atoms with van der Waals surface area (Å²) in [5.74, 6) is 0.385. The van der Waals surface area contributed by atoms with Crippen LogP contribution in [-0.4, -0.2) is 29.9 Å². The van der Waals surface area contributed by atoms with Crippen LogP contribution in [0.5, 0.6) is 5.75 Å². The van der Waals surface area contributed by atoms with Crippen molar-refractivity contribution in [3.05, 3.63) is 78.0 Å². The zero-order valence-electron chi connectivity index (χ0n) is 15.7. The molecule has 1 heterocycles. The fraction of sp³-hybridized carbons (Fsp3) is 0.130. The van der Waals surface area contributed by atoms with Crippen LogP contribution in [0, 0.1) is 0 Å². The largest absolute Gasteiger partial charge is 0.497 e. The molecule has 0 radical (unpaired) electrons. The van der Waals surface area contributed by atoms with Gasteiger partial charge in [0.05, 0.1) is 19.2 Å². The van der Waals surface area contributed by atoms with Crippen molar-refractivity contribution in [3.8, 4) is 5.75 Å². The molecule has 0 fully saturated rings. The fourth-order valence-corrected chi connectivity index (χ4v) is 3.40. The van der Waals surface area contributed by atoms with Gasteiger partial charge in [-0.1, -0.05) is 36.4 Å². The zero-order valence-corrected chi connectivity index (χ0v) is 15.7. The molecule has 5 heteroatoms. The third kappa shape index (κ3) is 3.22. The van der Waals surface area contributed by atoms with Gasteiger partial charge < -0.3 is 14.6 Å². The monoisotopic (exact) mass is 372 g/mol. The summed E-state index contributed by atoms with van der Waals surface area (Å²) in [5, 5.41) is 5.56. The third-order valence-electron chi connectivity index (χ3n) is 4.92. The van der Waals surface area contributed by atoms with Crippen LogP contribution in [0.25, 0.3) is 21.7 Å². The first kappa shape index (κ1) is 17.8. The molecular formula is C23H20N2O3. The number of amides is 1. The van der Waals surface area contributed by atoms with E-state index in [4.69, 9.17) is 4.74 Å². The van der Waals surface area contributed by atoms with Crippen LogP contribution >= 0.6 is 0 Å². The lowest BCUT2D eigenvalue weighted by atomic mass is 10.0. The molecule has 1 N–H and O–H groups in total. The van der Waals surface area contributed by atoms with Gasteiger partial charge in [0.2, 0.25) is 0 Å². The molecule has 0 unspecified atom stereocenters. The number of nitrogens with one attached hydrogen (secondary N) is 1. The molecule has 0 spiro atoms.